The van der Waals surface area contributed by atoms with Crippen molar-refractivity contribution >= 4 is 43.0 Å². The third kappa shape index (κ3) is 3.79. The lowest BCUT2D eigenvalue weighted by Gasteiger charge is -2.08. The summed E-state index contributed by atoms with van der Waals surface area (Å²) in [5.74, 6) is -1.75. The molecule has 2 N–H and O–H groups in total. The Bertz CT molecular complexity index is 763. The average Bonchev–Trinajstić information content (AvgIpc) is 2.75. The predicted molar refractivity (Wildman–Crippen MR) is 81.9 cm³/mol. The first-order chi connectivity index (χ1) is 9.83. The molecule has 0 spiro atoms. The van der Waals surface area contributed by atoms with Crippen molar-refractivity contribution in [1.82, 2.24) is 5.32 Å². The second kappa shape index (κ2) is 6.39. The van der Waals surface area contributed by atoms with E-state index in [0.717, 1.165) is 17.0 Å². The minimum atomic E-state index is -3.95. The third-order valence-electron chi connectivity index (χ3n) is 2.52. The van der Waals surface area contributed by atoms with Crippen molar-refractivity contribution in [3.05, 3.63) is 44.6 Å². The molecule has 2 rings (SSSR count). The topological polar surface area (TPSA) is 58.2 Å². The van der Waals surface area contributed by atoms with E-state index < -0.39 is 21.7 Å². The monoisotopic (exact) mass is 396 g/mol. The lowest BCUT2D eigenvalue weighted by atomic mass is 10.3. The van der Waals surface area contributed by atoms with Gasteiger partial charge in [0.05, 0.1) is 9.47 Å². The van der Waals surface area contributed by atoms with Gasteiger partial charge in [0, 0.05) is 17.5 Å². The molecular formula is C12H11BrF2N2O2S2. The number of halogens is 3. The Kier molecular flexibility index (Phi) is 4.97. The Morgan fingerprint density at radius 1 is 1.29 bits per heavy atom. The SMILES string of the molecule is CNCc1cc(S(=O)(=O)Nc2ccc(F)cc2F)c(Br)s1. The minimum Gasteiger partial charge on any atom is -0.315 e. The zero-order chi connectivity index (χ0) is 15.6. The summed E-state index contributed by atoms with van der Waals surface area (Å²) in [4.78, 5) is 0.825. The Labute approximate surface area is 133 Å². The van der Waals surface area contributed by atoms with Gasteiger partial charge in [-0.3, -0.25) is 4.72 Å². The highest BCUT2D eigenvalue weighted by Gasteiger charge is 2.22. The van der Waals surface area contributed by atoms with Gasteiger partial charge in [-0.15, -0.1) is 11.3 Å². The summed E-state index contributed by atoms with van der Waals surface area (Å²) in [5.41, 5.74) is -0.301. The molecule has 114 valence electrons. The van der Waals surface area contributed by atoms with Crippen molar-refractivity contribution in [3.8, 4) is 0 Å². The van der Waals surface area contributed by atoms with Crippen LogP contribution in [0.15, 0.2) is 32.9 Å². The van der Waals surface area contributed by atoms with Crippen LogP contribution >= 0.6 is 27.3 Å². The van der Waals surface area contributed by atoms with Gasteiger partial charge in [0.2, 0.25) is 0 Å². The lowest BCUT2D eigenvalue weighted by molar-refractivity contribution is 0.583. The molecule has 0 bridgehead atoms. The Balaban J connectivity index is 2.34. The molecule has 0 aliphatic carbocycles. The summed E-state index contributed by atoms with van der Waals surface area (Å²) < 4.78 is 53.4. The number of nitrogens with one attached hydrogen (secondary N) is 2. The number of anilines is 1. The molecule has 0 aliphatic heterocycles. The summed E-state index contributed by atoms with van der Waals surface area (Å²) in [7, 11) is -2.21. The maximum absolute atomic E-state index is 13.5. The quantitative estimate of drug-likeness (QED) is 0.814. The molecule has 0 aliphatic rings. The normalized spacial score (nSPS) is 11.6. The predicted octanol–water partition coefficient (Wildman–Crippen LogP) is 3.31. The molecule has 2 aromatic rings. The first-order valence-corrected chi connectivity index (χ1v) is 8.83. The van der Waals surface area contributed by atoms with Crippen LogP contribution in [0.1, 0.15) is 4.88 Å². The van der Waals surface area contributed by atoms with Crippen LogP contribution in [0.2, 0.25) is 0 Å². The van der Waals surface area contributed by atoms with Gasteiger partial charge in [0.25, 0.3) is 10.0 Å². The summed E-state index contributed by atoms with van der Waals surface area (Å²) >= 11 is 4.45. The summed E-state index contributed by atoms with van der Waals surface area (Å²) in [6, 6.07) is 4.13. The van der Waals surface area contributed by atoms with E-state index in [4.69, 9.17) is 0 Å². The molecule has 9 heteroatoms. The van der Waals surface area contributed by atoms with Gasteiger partial charge in [-0.2, -0.15) is 0 Å². The molecule has 1 aromatic heterocycles. The van der Waals surface area contributed by atoms with Crippen LogP contribution in [-0.4, -0.2) is 15.5 Å². The Morgan fingerprint density at radius 3 is 2.62 bits per heavy atom. The maximum atomic E-state index is 13.5. The summed E-state index contributed by atoms with van der Waals surface area (Å²) in [6.07, 6.45) is 0. The number of benzene rings is 1. The van der Waals surface area contributed by atoms with E-state index in [9.17, 15) is 17.2 Å². The maximum Gasteiger partial charge on any atom is 0.263 e. The Hall–Kier alpha value is -1.03. The second-order valence-corrected chi connectivity index (χ2v) is 8.22. The fourth-order valence-electron chi connectivity index (χ4n) is 1.61. The van der Waals surface area contributed by atoms with Crippen molar-refractivity contribution < 1.29 is 17.2 Å². The van der Waals surface area contributed by atoms with E-state index >= 15 is 0 Å². The molecule has 1 aromatic carbocycles. The van der Waals surface area contributed by atoms with Gasteiger partial charge in [-0.05, 0) is 41.2 Å². The van der Waals surface area contributed by atoms with Crippen LogP contribution in [0, 0.1) is 11.6 Å². The lowest BCUT2D eigenvalue weighted by Crippen LogP contribution is -2.14. The summed E-state index contributed by atoms with van der Waals surface area (Å²) in [5, 5.41) is 2.91. The molecule has 1 heterocycles. The van der Waals surface area contributed by atoms with Crippen LogP contribution < -0.4 is 10.0 Å². The van der Waals surface area contributed by atoms with E-state index in [1.54, 1.807) is 7.05 Å². The third-order valence-corrected chi connectivity index (χ3v) is 6.14. The highest BCUT2D eigenvalue weighted by atomic mass is 79.9. The fourth-order valence-corrected chi connectivity index (χ4v) is 5.38. The first-order valence-electron chi connectivity index (χ1n) is 5.74. The van der Waals surface area contributed by atoms with Crippen LogP contribution in [0.25, 0.3) is 0 Å². The van der Waals surface area contributed by atoms with Gasteiger partial charge in [0.1, 0.15) is 16.5 Å². The highest BCUT2D eigenvalue weighted by Crippen LogP contribution is 2.33. The molecule has 0 unspecified atom stereocenters. The van der Waals surface area contributed by atoms with Crippen molar-refractivity contribution in [2.45, 2.75) is 11.4 Å². The first kappa shape index (κ1) is 16.3. The van der Waals surface area contributed by atoms with E-state index in [1.807, 2.05) is 0 Å². The fraction of sp³-hybridized carbons (Fsp3) is 0.167. The van der Waals surface area contributed by atoms with Gasteiger partial charge >= 0.3 is 0 Å². The van der Waals surface area contributed by atoms with Crippen LogP contribution in [-0.2, 0) is 16.6 Å². The van der Waals surface area contributed by atoms with Crippen molar-refractivity contribution in [2.75, 3.05) is 11.8 Å². The van der Waals surface area contributed by atoms with Gasteiger partial charge in [0.15, 0.2) is 0 Å². The second-order valence-electron chi connectivity index (χ2n) is 4.11. The smallest absolute Gasteiger partial charge is 0.263 e. The molecule has 0 atom stereocenters. The molecule has 0 fully saturated rings. The standard InChI is InChI=1S/C12H11BrF2N2O2S2/c1-16-6-8-5-11(12(13)20-8)21(18,19)17-10-3-2-7(14)4-9(10)15/h2-5,16-17H,6H2,1H3. The molecular weight excluding hydrogens is 386 g/mol. The average molecular weight is 397 g/mol. The largest absolute Gasteiger partial charge is 0.315 e. The van der Waals surface area contributed by atoms with E-state index in [-0.39, 0.29) is 10.6 Å². The zero-order valence-corrected chi connectivity index (χ0v) is 14.0. The minimum absolute atomic E-state index is 0.0153. The number of hydrogen-bond acceptors (Lipinski definition) is 4. The number of sulfonamides is 1. The molecule has 0 saturated heterocycles. The number of rotatable bonds is 5. The molecule has 0 amide bonds. The van der Waals surface area contributed by atoms with E-state index in [2.05, 4.69) is 26.0 Å². The molecule has 0 radical (unpaired) electrons. The van der Waals surface area contributed by atoms with Crippen LogP contribution in [0.3, 0.4) is 0 Å². The molecule has 4 nitrogen and oxygen atoms in total. The number of hydrogen-bond donors (Lipinski definition) is 2. The highest BCUT2D eigenvalue weighted by molar-refractivity contribution is 9.11. The van der Waals surface area contributed by atoms with Gasteiger partial charge < -0.3 is 5.32 Å². The zero-order valence-electron chi connectivity index (χ0n) is 10.8. The van der Waals surface area contributed by atoms with Crippen molar-refractivity contribution in [1.29, 1.82) is 0 Å². The van der Waals surface area contributed by atoms with E-state index in [0.29, 0.717) is 16.4 Å². The number of thiophene rings is 1. The van der Waals surface area contributed by atoms with Gasteiger partial charge in [-0.1, -0.05) is 0 Å². The van der Waals surface area contributed by atoms with Crippen LogP contribution in [0.4, 0.5) is 14.5 Å². The summed E-state index contributed by atoms with van der Waals surface area (Å²) in [6.45, 7) is 0.518. The molecule has 21 heavy (non-hydrogen) atoms. The van der Waals surface area contributed by atoms with Crippen molar-refractivity contribution in [2.24, 2.45) is 0 Å². The molecule has 0 saturated carbocycles. The Morgan fingerprint density at radius 2 is 2.00 bits per heavy atom. The van der Waals surface area contributed by atoms with Crippen LogP contribution in [0.5, 0.6) is 0 Å². The van der Waals surface area contributed by atoms with E-state index in [1.165, 1.54) is 17.4 Å². The van der Waals surface area contributed by atoms with Gasteiger partial charge in [-0.25, -0.2) is 17.2 Å². The van der Waals surface area contributed by atoms with Crippen molar-refractivity contribution in [3.63, 3.8) is 0 Å².